The molecule has 37 heavy (non-hydrogen) atoms. The number of carbonyl (C=O) groups excluding carboxylic acids is 3. The number of nitrogens with zero attached hydrogens (tertiary/aromatic N) is 2. The van der Waals surface area contributed by atoms with E-state index in [1.54, 1.807) is 30.5 Å². The van der Waals surface area contributed by atoms with Gasteiger partial charge in [0.25, 0.3) is 0 Å². The zero-order chi connectivity index (χ0) is 25.1. The summed E-state index contributed by atoms with van der Waals surface area (Å²) in [5.74, 6) is -2.41. The van der Waals surface area contributed by atoms with Crippen molar-refractivity contribution >= 4 is 29.6 Å². The number of hydrogen-bond acceptors (Lipinski definition) is 5. The van der Waals surface area contributed by atoms with Crippen LogP contribution in [0.2, 0.25) is 0 Å². The first kappa shape index (κ1) is 21.5. The van der Waals surface area contributed by atoms with Crippen LogP contribution in [0.25, 0.3) is 0 Å². The number of anilines is 1. The van der Waals surface area contributed by atoms with Crippen molar-refractivity contribution in [3.63, 3.8) is 0 Å². The quantitative estimate of drug-likeness (QED) is 0.265. The molecule has 7 nitrogen and oxygen atoms in total. The first-order valence-electron chi connectivity index (χ1n) is 12.1. The fraction of sp³-hybridized carbons (Fsp3) is 0.133. The Balaban J connectivity index is 1.44. The molecule has 2 bridgehead atoms. The summed E-state index contributed by atoms with van der Waals surface area (Å²) in [6.07, 6.45) is 3.05. The Labute approximate surface area is 212 Å². The second kappa shape index (κ2) is 7.86. The number of amides is 3. The molecule has 2 heterocycles. The van der Waals surface area contributed by atoms with Crippen molar-refractivity contribution in [3.05, 3.63) is 125 Å². The molecule has 0 spiro atoms. The fourth-order valence-electron chi connectivity index (χ4n) is 6.54. The summed E-state index contributed by atoms with van der Waals surface area (Å²) in [7, 11) is 0. The molecule has 2 atom stereocenters. The summed E-state index contributed by atoms with van der Waals surface area (Å²) in [6, 6.07) is 28.0. The fourth-order valence-corrected chi connectivity index (χ4v) is 6.54. The smallest absolute Gasteiger partial charge is 0.307 e. The van der Waals surface area contributed by atoms with Crippen molar-refractivity contribution in [3.8, 4) is 0 Å². The lowest BCUT2D eigenvalue weighted by molar-refractivity contribution is -0.122. The van der Waals surface area contributed by atoms with E-state index in [2.05, 4.69) is 10.5 Å². The minimum atomic E-state index is -1.04. The molecular formula is C30H21N3O4. The van der Waals surface area contributed by atoms with Crippen LogP contribution in [-0.2, 0) is 15.0 Å². The van der Waals surface area contributed by atoms with Crippen LogP contribution in [0, 0.1) is 11.8 Å². The van der Waals surface area contributed by atoms with Gasteiger partial charge in [0.2, 0.25) is 11.8 Å². The van der Waals surface area contributed by atoms with Crippen molar-refractivity contribution in [2.24, 2.45) is 16.9 Å². The molecule has 1 aliphatic heterocycles. The van der Waals surface area contributed by atoms with E-state index in [0.29, 0.717) is 5.69 Å². The third-order valence-corrected chi connectivity index (χ3v) is 7.88. The van der Waals surface area contributed by atoms with Gasteiger partial charge in [-0.2, -0.15) is 5.10 Å². The highest BCUT2D eigenvalue weighted by atomic mass is 16.3. The van der Waals surface area contributed by atoms with Gasteiger partial charge in [-0.3, -0.25) is 14.4 Å². The summed E-state index contributed by atoms with van der Waals surface area (Å²) in [5.41, 5.74) is 5.91. The molecule has 1 saturated heterocycles. The lowest BCUT2D eigenvalue weighted by Gasteiger charge is -2.52. The number of imide groups is 1. The maximum Gasteiger partial charge on any atom is 0.307 e. The van der Waals surface area contributed by atoms with Gasteiger partial charge in [-0.15, -0.1) is 0 Å². The molecule has 4 aromatic rings. The summed E-state index contributed by atoms with van der Waals surface area (Å²) in [4.78, 5) is 42.1. The minimum Gasteiger partial charge on any atom is -0.459 e. The highest BCUT2D eigenvalue weighted by Gasteiger charge is 2.68. The highest BCUT2D eigenvalue weighted by Crippen LogP contribution is 2.63. The molecule has 0 unspecified atom stereocenters. The molecule has 4 aliphatic rings. The lowest BCUT2D eigenvalue weighted by atomic mass is 9.47. The maximum absolute atomic E-state index is 14.2. The number of rotatable bonds is 4. The summed E-state index contributed by atoms with van der Waals surface area (Å²) < 4.78 is 5.18. The van der Waals surface area contributed by atoms with Gasteiger partial charge in [-0.05, 0) is 46.5 Å². The third-order valence-electron chi connectivity index (χ3n) is 7.88. The highest BCUT2D eigenvalue weighted by molar-refractivity contribution is 6.25. The standard InChI is InChI=1S/C30H21N3O4/c34-27(23-15-8-16-37-23)32-31-17-30-21-13-6-4-11-19(21)24(20-12-5-7-14-22(20)30)25-26(30)29(36)33(28(25)35)18-9-2-1-3-10-18/h1-17,24-26H,(H,32,34)/b31-17-/t24?,25-,26-,30?/m0/s1. The van der Waals surface area contributed by atoms with E-state index in [9.17, 15) is 14.4 Å². The number of para-hydroxylation sites is 1. The summed E-state index contributed by atoms with van der Waals surface area (Å²) in [6.45, 7) is 0. The van der Waals surface area contributed by atoms with Crippen molar-refractivity contribution < 1.29 is 18.8 Å². The molecule has 8 rings (SSSR count). The van der Waals surface area contributed by atoms with E-state index in [-0.39, 0.29) is 23.5 Å². The zero-order valence-electron chi connectivity index (χ0n) is 19.6. The Hall–Kier alpha value is -4.78. The number of furan rings is 1. The van der Waals surface area contributed by atoms with Crippen LogP contribution in [0.1, 0.15) is 38.7 Å². The molecular weight excluding hydrogens is 466 g/mol. The van der Waals surface area contributed by atoms with Crippen LogP contribution >= 0.6 is 0 Å². The van der Waals surface area contributed by atoms with Crippen LogP contribution in [0.15, 0.2) is 107 Å². The average molecular weight is 488 g/mol. The Kier molecular flexibility index (Phi) is 4.57. The molecule has 3 aliphatic carbocycles. The second-order valence-electron chi connectivity index (χ2n) is 9.55. The number of benzene rings is 3. The van der Waals surface area contributed by atoms with Crippen LogP contribution in [0.3, 0.4) is 0 Å². The van der Waals surface area contributed by atoms with Crippen LogP contribution < -0.4 is 10.3 Å². The number of nitrogens with one attached hydrogen (secondary N) is 1. The van der Waals surface area contributed by atoms with Gasteiger partial charge < -0.3 is 4.42 Å². The van der Waals surface area contributed by atoms with Gasteiger partial charge in [0.15, 0.2) is 5.76 Å². The van der Waals surface area contributed by atoms with Gasteiger partial charge >= 0.3 is 5.91 Å². The van der Waals surface area contributed by atoms with E-state index < -0.39 is 23.2 Å². The molecule has 3 aromatic carbocycles. The molecule has 0 radical (unpaired) electrons. The Morgan fingerprint density at radius 3 is 2.14 bits per heavy atom. The second-order valence-corrected chi connectivity index (χ2v) is 9.55. The van der Waals surface area contributed by atoms with Gasteiger partial charge in [-0.25, -0.2) is 10.3 Å². The van der Waals surface area contributed by atoms with E-state index in [4.69, 9.17) is 4.42 Å². The van der Waals surface area contributed by atoms with Crippen molar-refractivity contribution in [1.29, 1.82) is 0 Å². The Morgan fingerprint density at radius 2 is 1.49 bits per heavy atom. The summed E-state index contributed by atoms with van der Waals surface area (Å²) in [5, 5.41) is 4.37. The number of hydrogen-bond donors (Lipinski definition) is 1. The molecule has 1 aromatic heterocycles. The molecule has 0 saturated carbocycles. The molecule has 7 heteroatoms. The molecule has 180 valence electrons. The SMILES string of the molecule is O=C(N/N=C\C12c3ccccc3C(c3ccccc31)[C@@H]1C(=O)N(c3ccccc3)C(=O)[C@H]12)c1ccco1. The monoisotopic (exact) mass is 487 g/mol. The molecule has 1 N–H and O–H groups in total. The largest absolute Gasteiger partial charge is 0.459 e. The van der Waals surface area contributed by atoms with E-state index in [1.165, 1.54) is 11.2 Å². The lowest BCUT2D eigenvalue weighted by Crippen LogP contribution is -2.54. The van der Waals surface area contributed by atoms with Gasteiger partial charge in [0.1, 0.15) is 0 Å². The molecule has 3 amide bonds. The first-order valence-corrected chi connectivity index (χ1v) is 12.1. The minimum absolute atomic E-state index is 0.128. The van der Waals surface area contributed by atoms with Crippen LogP contribution in [0.5, 0.6) is 0 Å². The first-order chi connectivity index (χ1) is 18.1. The van der Waals surface area contributed by atoms with E-state index in [0.717, 1.165) is 22.3 Å². The summed E-state index contributed by atoms with van der Waals surface area (Å²) >= 11 is 0. The molecule has 1 fully saturated rings. The maximum atomic E-state index is 14.2. The van der Waals surface area contributed by atoms with Gasteiger partial charge in [0, 0.05) is 12.1 Å². The number of carbonyl (C=O) groups is 3. The van der Waals surface area contributed by atoms with Gasteiger partial charge in [0.05, 0.1) is 29.2 Å². The van der Waals surface area contributed by atoms with Crippen LogP contribution in [-0.4, -0.2) is 23.9 Å². The Bertz CT molecular complexity index is 1540. The Morgan fingerprint density at radius 1 is 0.838 bits per heavy atom. The van der Waals surface area contributed by atoms with Crippen molar-refractivity contribution in [2.75, 3.05) is 4.90 Å². The average Bonchev–Trinajstić information content (AvgIpc) is 3.57. The van der Waals surface area contributed by atoms with Crippen LogP contribution in [0.4, 0.5) is 5.69 Å². The van der Waals surface area contributed by atoms with E-state index in [1.807, 2.05) is 66.7 Å². The van der Waals surface area contributed by atoms with Gasteiger partial charge in [-0.1, -0.05) is 66.7 Å². The zero-order valence-corrected chi connectivity index (χ0v) is 19.6. The predicted molar refractivity (Wildman–Crippen MR) is 136 cm³/mol. The predicted octanol–water partition coefficient (Wildman–Crippen LogP) is 4.25. The topological polar surface area (TPSA) is 92.0 Å². The van der Waals surface area contributed by atoms with Crippen molar-refractivity contribution in [2.45, 2.75) is 11.3 Å². The normalized spacial score (nSPS) is 25.2. The van der Waals surface area contributed by atoms with E-state index >= 15 is 0 Å². The third kappa shape index (κ3) is 2.82. The van der Waals surface area contributed by atoms with Crippen molar-refractivity contribution in [1.82, 2.24) is 5.43 Å². The number of hydrazone groups is 1.